The van der Waals surface area contributed by atoms with Gasteiger partial charge in [-0.1, -0.05) is 133 Å². The average Bonchev–Trinajstić information content (AvgIpc) is 4.16. The summed E-state index contributed by atoms with van der Waals surface area (Å²) in [7, 11) is 0. The van der Waals surface area contributed by atoms with Crippen molar-refractivity contribution < 1.29 is 22.0 Å². The van der Waals surface area contributed by atoms with Crippen molar-refractivity contribution in [2.45, 2.75) is 0 Å². The summed E-state index contributed by atoms with van der Waals surface area (Å²) in [4.78, 5) is 0. The molecule has 10 aromatic carbocycles. The van der Waals surface area contributed by atoms with Gasteiger partial charge in [0, 0.05) is 60.0 Å². The summed E-state index contributed by atoms with van der Waals surface area (Å²) in [5.74, 6) is -10.5. The zero-order valence-corrected chi connectivity index (χ0v) is 37.1. The fourth-order valence-electron chi connectivity index (χ4n) is 11.3. The first-order valence-corrected chi connectivity index (χ1v) is 23.0. The molecule has 0 fully saturated rings. The van der Waals surface area contributed by atoms with E-state index in [9.17, 15) is 5.26 Å². The molecule has 5 nitrogen and oxygen atoms in total. The molecule has 71 heavy (non-hydrogen) atoms. The van der Waals surface area contributed by atoms with Gasteiger partial charge >= 0.3 is 0 Å². The van der Waals surface area contributed by atoms with Gasteiger partial charge in [-0.25, -0.2) is 22.0 Å². The minimum absolute atomic E-state index is 0.0209. The zero-order valence-electron chi connectivity index (χ0n) is 37.1. The van der Waals surface area contributed by atoms with E-state index < -0.39 is 34.6 Å². The molecule has 0 aliphatic heterocycles. The maximum atomic E-state index is 17.3. The van der Waals surface area contributed by atoms with Crippen LogP contribution in [0.1, 0.15) is 5.56 Å². The van der Waals surface area contributed by atoms with Crippen LogP contribution in [0.3, 0.4) is 0 Å². The third-order valence-electron chi connectivity index (χ3n) is 14.1. The molecule has 14 aromatic rings. The number of benzene rings is 10. The summed E-state index contributed by atoms with van der Waals surface area (Å²) < 4.78 is 90.1. The fraction of sp³-hybridized carbons (Fsp3) is 0. The molecule has 14 rings (SSSR count). The Morgan fingerprint density at radius 3 is 0.944 bits per heavy atom. The Bertz CT molecular complexity index is 4370. The van der Waals surface area contributed by atoms with Crippen LogP contribution in [0.25, 0.3) is 121 Å². The van der Waals surface area contributed by atoms with Gasteiger partial charge in [-0.15, -0.1) is 0 Å². The summed E-state index contributed by atoms with van der Waals surface area (Å²) in [6, 6.07) is 63.9. The SMILES string of the molecule is N#Cc1cc(-n2c3ccccc3c3ccc4c5ccccc5n(-c5ccccc5)c4c32)c(-c2c(F)c(F)c(F)c(F)c2F)c(-n2c3ccccc3c3ccc4c5ccccc5n(-c5ccccc5)c4c32)c1. The van der Waals surface area contributed by atoms with Gasteiger partial charge in [-0.3, -0.25) is 0 Å². The maximum Gasteiger partial charge on any atom is 0.200 e. The van der Waals surface area contributed by atoms with E-state index in [1.165, 1.54) is 12.1 Å². The average molecular weight is 930 g/mol. The van der Waals surface area contributed by atoms with Crippen LogP contribution in [-0.4, -0.2) is 18.3 Å². The molecular formula is C61H32F5N5. The number of hydrogen-bond acceptors (Lipinski definition) is 1. The summed E-state index contributed by atoms with van der Waals surface area (Å²) in [6.45, 7) is 0. The van der Waals surface area contributed by atoms with Crippen LogP contribution in [-0.2, 0) is 0 Å². The monoisotopic (exact) mass is 929 g/mol. The molecular weight excluding hydrogens is 898 g/mol. The number of halogens is 5. The van der Waals surface area contributed by atoms with Crippen LogP contribution in [0.2, 0.25) is 0 Å². The molecule has 0 spiro atoms. The van der Waals surface area contributed by atoms with Gasteiger partial charge in [0.15, 0.2) is 23.3 Å². The number of rotatable bonds is 5. The third-order valence-corrected chi connectivity index (χ3v) is 14.1. The number of fused-ring (bicyclic) bond motifs is 14. The lowest BCUT2D eigenvalue weighted by molar-refractivity contribution is 0.381. The van der Waals surface area contributed by atoms with Crippen LogP contribution < -0.4 is 0 Å². The summed E-state index contributed by atoms with van der Waals surface area (Å²) in [5.41, 5.74) is 5.85. The fourth-order valence-corrected chi connectivity index (χ4v) is 11.3. The second kappa shape index (κ2) is 15.0. The normalized spacial score (nSPS) is 12.0. The Kier molecular flexibility index (Phi) is 8.59. The van der Waals surface area contributed by atoms with E-state index in [0.717, 1.165) is 76.5 Å². The second-order valence-corrected chi connectivity index (χ2v) is 17.7. The van der Waals surface area contributed by atoms with Crippen molar-refractivity contribution in [1.82, 2.24) is 18.3 Å². The van der Waals surface area contributed by atoms with Crippen molar-refractivity contribution in [2.24, 2.45) is 0 Å². The van der Waals surface area contributed by atoms with Crippen molar-refractivity contribution in [3.8, 4) is 39.9 Å². The molecule has 0 bridgehead atoms. The first kappa shape index (κ1) is 40.6. The lowest BCUT2D eigenvalue weighted by atomic mass is 9.96. The number of aromatic nitrogens is 4. The highest BCUT2D eigenvalue weighted by Gasteiger charge is 2.34. The molecule has 0 radical (unpaired) electrons. The van der Waals surface area contributed by atoms with Crippen molar-refractivity contribution in [3.63, 3.8) is 0 Å². The standard InChI is InChI=1S/C61H32F5N5/c62-53-52(54(63)56(65)57(66)55(53)64)51-49(70-47-25-13-9-21-39(47)43-29-27-41-37-19-7-11-23-45(37)68(58(41)60(43)70)35-15-3-1-4-16-35)31-34(33-67)32-50(51)71-48-26-14-10-22-40(48)44-30-28-42-38-20-8-12-24-46(38)69(59(42)61(44)71)36-17-5-2-6-18-36/h1-32H. The lowest BCUT2D eigenvalue weighted by Gasteiger charge is -2.22. The van der Waals surface area contributed by atoms with Crippen LogP contribution in [0.4, 0.5) is 22.0 Å². The van der Waals surface area contributed by atoms with E-state index in [1.54, 1.807) is 0 Å². The second-order valence-electron chi connectivity index (χ2n) is 17.7. The quantitative estimate of drug-likeness (QED) is 0.0963. The first-order chi connectivity index (χ1) is 34.8. The molecule has 0 aliphatic carbocycles. The van der Waals surface area contributed by atoms with Crippen molar-refractivity contribution in [2.75, 3.05) is 0 Å². The third kappa shape index (κ3) is 5.48. The Labute approximate surface area is 399 Å². The predicted octanol–water partition coefficient (Wildman–Crippen LogP) is 16.3. The Balaban J connectivity index is 1.26. The topological polar surface area (TPSA) is 43.5 Å². The van der Waals surface area contributed by atoms with Crippen LogP contribution in [0, 0.1) is 40.4 Å². The molecule has 0 amide bonds. The van der Waals surface area contributed by atoms with E-state index in [1.807, 2.05) is 191 Å². The minimum atomic E-state index is -2.28. The smallest absolute Gasteiger partial charge is 0.200 e. The molecule has 4 heterocycles. The number of hydrogen-bond donors (Lipinski definition) is 0. The number of nitriles is 1. The Morgan fingerprint density at radius 2 is 0.592 bits per heavy atom. The van der Waals surface area contributed by atoms with Gasteiger partial charge in [-0.05, 0) is 60.7 Å². The lowest BCUT2D eigenvalue weighted by Crippen LogP contribution is -2.11. The molecule has 0 unspecified atom stereocenters. The molecule has 10 heteroatoms. The summed E-state index contributed by atoms with van der Waals surface area (Å²) in [5, 5.41) is 17.8. The van der Waals surface area contributed by atoms with Crippen molar-refractivity contribution >= 4 is 87.2 Å². The highest BCUT2D eigenvalue weighted by molar-refractivity contribution is 6.26. The highest BCUT2D eigenvalue weighted by atomic mass is 19.2. The molecule has 0 aliphatic rings. The molecule has 0 saturated heterocycles. The number of para-hydroxylation sites is 6. The van der Waals surface area contributed by atoms with E-state index in [4.69, 9.17) is 0 Å². The van der Waals surface area contributed by atoms with Gasteiger partial charge in [0.05, 0.1) is 72.7 Å². The van der Waals surface area contributed by atoms with Gasteiger partial charge < -0.3 is 18.3 Å². The van der Waals surface area contributed by atoms with E-state index in [-0.39, 0.29) is 22.5 Å². The predicted molar refractivity (Wildman–Crippen MR) is 274 cm³/mol. The minimum Gasteiger partial charge on any atom is -0.307 e. The highest BCUT2D eigenvalue weighted by Crippen LogP contribution is 2.49. The van der Waals surface area contributed by atoms with Crippen LogP contribution in [0.5, 0.6) is 0 Å². The Hall–Kier alpha value is -9.46. The number of nitrogens with zero attached hydrogens (tertiary/aromatic N) is 5. The van der Waals surface area contributed by atoms with Crippen molar-refractivity contribution in [3.05, 3.63) is 229 Å². The van der Waals surface area contributed by atoms with E-state index in [0.29, 0.717) is 22.1 Å². The van der Waals surface area contributed by atoms with Crippen molar-refractivity contribution in [1.29, 1.82) is 5.26 Å². The molecule has 4 aromatic heterocycles. The van der Waals surface area contributed by atoms with Gasteiger partial charge in [0.1, 0.15) is 0 Å². The van der Waals surface area contributed by atoms with E-state index in [2.05, 4.69) is 15.2 Å². The maximum absolute atomic E-state index is 17.3. The van der Waals surface area contributed by atoms with Gasteiger partial charge in [0.25, 0.3) is 0 Å². The summed E-state index contributed by atoms with van der Waals surface area (Å²) in [6.07, 6.45) is 0. The van der Waals surface area contributed by atoms with Crippen LogP contribution in [0.15, 0.2) is 194 Å². The first-order valence-electron chi connectivity index (χ1n) is 23.0. The van der Waals surface area contributed by atoms with E-state index >= 15 is 22.0 Å². The molecule has 0 N–H and O–H groups in total. The van der Waals surface area contributed by atoms with Crippen LogP contribution >= 0.6 is 0 Å². The van der Waals surface area contributed by atoms with Gasteiger partial charge in [-0.2, -0.15) is 5.26 Å². The zero-order chi connectivity index (χ0) is 47.8. The molecule has 0 atom stereocenters. The summed E-state index contributed by atoms with van der Waals surface area (Å²) >= 11 is 0. The van der Waals surface area contributed by atoms with Gasteiger partial charge in [0.2, 0.25) is 5.82 Å². The molecule has 0 saturated carbocycles. The Morgan fingerprint density at radius 1 is 0.296 bits per heavy atom. The molecule has 336 valence electrons. The largest absolute Gasteiger partial charge is 0.307 e.